The molecule has 1 heterocycles. The van der Waals surface area contributed by atoms with E-state index in [1.54, 1.807) is 0 Å². The molecule has 0 spiro atoms. The van der Waals surface area contributed by atoms with Gasteiger partial charge in [-0.3, -0.25) is 9.69 Å². The first-order valence-corrected chi connectivity index (χ1v) is 7.14. The Bertz CT molecular complexity index is 428. The molecule has 3 nitrogen and oxygen atoms in total. The van der Waals surface area contributed by atoms with E-state index in [4.69, 9.17) is 0 Å². The number of rotatable bonds is 4. The van der Waals surface area contributed by atoms with Crippen molar-refractivity contribution in [2.75, 3.05) is 32.7 Å². The number of piperazine rings is 1. The third-order valence-corrected chi connectivity index (χ3v) is 3.80. The molecule has 0 bridgehead atoms. The van der Waals surface area contributed by atoms with Gasteiger partial charge in [0.25, 0.3) is 0 Å². The van der Waals surface area contributed by atoms with Crippen LogP contribution in [0.25, 0.3) is 0 Å². The Hall–Kier alpha value is -0.710. The zero-order valence-corrected chi connectivity index (χ0v) is 12.3. The Kier molecular flexibility index (Phi) is 4.92. The second-order valence-corrected chi connectivity index (χ2v) is 5.73. The molecular formula is C14H19BrN2O. The molecule has 0 aliphatic carbocycles. The first kappa shape index (κ1) is 13.7. The fourth-order valence-electron chi connectivity index (χ4n) is 2.22. The molecular weight excluding hydrogens is 292 g/mol. The molecule has 0 atom stereocenters. The van der Waals surface area contributed by atoms with Crippen molar-refractivity contribution >= 4 is 21.7 Å². The maximum absolute atomic E-state index is 12.1. The lowest BCUT2D eigenvalue weighted by molar-refractivity contribution is -0.119. The van der Waals surface area contributed by atoms with Gasteiger partial charge in [0.15, 0.2) is 5.78 Å². The van der Waals surface area contributed by atoms with Gasteiger partial charge in [-0.2, -0.15) is 0 Å². The van der Waals surface area contributed by atoms with Crippen LogP contribution in [0.2, 0.25) is 0 Å². The monoisotopic (exact) mass is 310 g/mol. The van der Waals surface area contributed by atoms with Crippen molar-refractivity contribution in [2.45, 2.75) is 13.3 Å². The molecule has 98 valence electrons. The largest absolute Gasteiger partial charge is 0.314 e. The molecule has 0 amide bonds. The summed E-state index contributed by atoms with van der Waals surface area (Å²) in [5, 5.41) is 3.30. The first-order valence-electron chi connectivity index (χ1n) is 6.35. The third-order valence-electron chi connectivity index (χ3n) is 3.31. The maximum atomic E-state index is 12.1. The summed E-state index contributed by atoms with van der Waals surface area (Å²) in [4.78, 5) is 14.3. The highest BCUT2D eigenvalue weighted by Crippen LogP contribution is 2.16. The number of carbonyl (C=O) groups is 1. The standard InChI is InChI=1S/C14H19BrN2O/c1-11-2-3-13(15)8-12(11)9-14(18)10-17-6-4-16-5-7-17/h2-3,8,16H,4-7,9-10H2,1H3. The summed E-state index contributed by atoms with van der Waals surface area (Å²) in [6.07, 6.45) is 0.537. The summed E-state index contributed by atoms with van der Waals surface area (Å²) in [5.41, 5.74) is 2.32. The molecule has 1 fully saturated rings. The van der Waals surface area contributed by atoms with E-state index in [-0.39, 0.29) is 0 Å². The molecule has 1 aromatic rings. The minimum atomic E-state index is 0.304. The second kappa shape index (κ2) is 6.45. The summed E-state index contributed by atoms with van der Waals surface area (Å²) < 4.78 is 1.04. The number of hydrogen-bond donors (Lipinski definition) is 1. The van der Waals surface area contributed by atoms with Crippen molar-refractivity contribution in [1.82, 2.24) is 10.2 Å². The smallest absolute Gasteiger partial charge is 0.151 e. The Balaban J connectivity index is 1.92. The van der Waals surface area contributed by atoms with E-state index in [1.807, 2.05) is 12.1 Å². The highest BCUT2D eigenvalue weighted by Gasteiger charge is 2.14. The van der Waals surface area contributed by atoms with Gasteiger partial charge < -0.3 is 5.32 Å². The van der Waals surface area contributed by atoms with Crippen LogP contribution < -0.4 is 5.32 Å². The Morgan fingerprint density at radius 3 is 2.83 bits per heavy atom. The van der Waals surface area contributed by atoms with E-state index in [1.165, 1.54) is 5.56 Å². The second-order valence-electron chi connectivity index (χ2n) is 4.81. The molecule has 4 heteroatoms. The third kappa shape index (κ3) is 3.90. The van der Waals surface area contributed by atoms with Gasteiger partial charge in [0.1, 0.15) is 0 Å². The van der Waals surface area contributed by atoms with E-state index in [2.05, 4.69) is 39.1 Å². The molecule has 18 heavy (non-hydrogen) atoms. The van der Waals surface area contributed by atoms with Crippen molar-refractivity contribution in [3.8, 4) is 0 Å². The lowest BCUT2D eigenvalue weighted by Crippen LogP contribution is -2.45. The van der Waals surface area contributed by atoms with Crippen LogP contribution in [0.3, 0.4) is 0 Å². The summed E-state index contributed by atoms with van der Waals surface area (Å²) in [6.45, 7) is 6.56. The average Bonchev–Trinajstić information content (AvgIpc) is 2.35. The fraction of sp³-hybridized carbons (Fsp3) is 0.500. The van der Waals surface area contributed by atoms with Gasteiger partial charge in [0.05, 0.1) is 6.54 Å². The van der Waals surface area contributed by atoms with Crippen molar-refractivity contribution in [3.63, 3.8) is 0 Å². The molecule has 0 unspecified atom stereocenters. The Labute approximate surface area is 117 Å². The minimum absolute atomic E-state index is 0.304. The lowest BCUT2D eigenvalue weighted by atomic mass is 10.0. The van der Waals surface area contributed by atoms with Crippen molar-refractivity contribution < 1.29 is 4.79 Å². The number of nitrogens with zero attached hydrogens (tertiary/aromatic N) is 1. The summed E-state index contributed by atoms with van der Waals surface area (Å²) in [6, 6.07) is 6.11. The van der Waals surface area contributed by atoms with Crippen LogP contribution in [0.15, 0.2) is 22.7 Å². The number of ketones is 1. The first-order chi connectivity index (χ1) is 8.65. The lowest BCUT2D eigenvalue weighted by Gasteiger charge is -2.26. The molecule has 0 aromatic heterocycles. The van der Waals surface area contributed by atoms with Crippen LogP contribution in [0, 0.1) is 6.92 Å². The molecule has 1 aliphatic rings. The van der Waals surface area contributed by atoms with E-state index in [0.29, 0.717) is 18.7 Å². The molecule has 2 rings (SSSR count). The van der Waals surface area contributed by atoms with E-state index in [0.717, 1.165) is 36.2 Å². The number of aryl methyl sites for hydroxylation is 1. The highest BCUT2D eigenvalue weighted by molar-refractivity contribution is 9.10. The molecule has 0 radical (unpaired) electrons. The molecule has 1 N–H and O–H groups in total. The van der Waals surface area contributed by atoms with Crippen LogP contribution in [0.5, 0.6) is 0 Å². The van der Waals surface area contributed by atoms with Crippen LogP contribution in [0.4, 0.5) is 0 Å². The van der Waals surface area contributed by atoms with Gasteiger partial charge in [0, 0.05) is 37.1 Å². The zero-order chi connectivity index (χ0) is 13.0. The maximum Gasteiger partial charge on any atom is 0.151 e. The molecule has 1 aromatic carbocycles. The number of Topliss-reactive ketones (excluding diaryl/α,β-unsaturated/α-hetero) is 1. The van der Waals surface area contributed by atoms with Crippen LogP contribution in [-0.2, 0) is 11.2 Å². The van der Waals surface area contributed by atoms with Gasteiger partial charge in [-0.15, -0.1) is 0 Å². The van der Waals surface area contributed by atoms with E-state index < -0.39 is 0 Å². The summed E-state index contributed by atoms with van der Waals surface area (Å²) >= 11 is 3.45. The number of hydrogen-bond acceptors (Lipinski definition) is 3. The average molecular weight is 311 g/mol. The number of halogens is 1. The zero-order valence-electron chi connectivity index (χ0n) is 10.7. The van der Waals surface area contributed by atoms with Gasteiger partial charge in [-0.25, -0.2) is 0 Å². The van der Waals surface area contributed by atoms with Gasteiger partial charge >= 0.3 is 0 Å². The number of benzene rings is 1. The predicted molar refractivity (Wildman–Crippen MR) is 76.9 cm³/mol. The Morgan fingerprint density at radius 2 is 2.11 bits per heavy atom. The highest BCUT2D eigenvalue weighted by atomic mass is 79.9. The van der Waals surface area contributed by atoms with Crippen molar-refractivity contribution in [1.29, 1.82) is 0 Å². The van der Waals surface area contributed by atoms with Crippen LogP contribution >= 0.6 is 15.9 Å². The molecule has 1 saturated heterocycles. The van der Waals surface area contributed by atoms with Gasteiger partial charge in [-0.05, 0) is 30.2 Å². The van der Waals surface area contributed by atoms with E-state index in [9.17, 15) is 4.79 Å². The summed E-state index contributed by atoms with van der Waals surface area (Å²) in [7, 11) is 0. The van der Waals surface area contributed by atoms with Crippen molar-refractivity contribution in [2.24, 2.45) is 0 Å². The topological polar surface area (TPSA) is 32.3 Å². The molecule has 1 aliphatic heterocycles. The van der Waals surface area contributed by atoms with Crippen LogP contribution in [0.1, 0.15) is 11.1 Å². The van der Waals surface area contributed by atoms with Gasteiger partial charge in [-0.1, -0.05) is 22.0 Å². The number of carbonyl (C=O) groups excluding carboxylic acids is 1. The minimum Gasteiger partial charge on any atom is -0.314 e. The Morgan fingerprint density at radius 1 is 1.39 bits per heavy atom. The van der Waals surface area contributed by atoms with Crippen molar-refractivity contribution in [3.05, 3.63) is 33.8 Å². The van der Waals surface area contributed by atoms with Crippen LogP contribution in [-0.4, -0.2) is 43.4 Å². The predicted octanol–water partition coefficient (Wildman–Crippen LogP) is 1.77. The SMILES string of the molecule is Cc1ccc(Br)cc1CC(=O)CN1CCNCC1. The fourth-order valence-corrected chi connectivity index (χ4v) is 2.63. The number of nitrogens with one attached hydrogen (secondary N) is 1. The quantitative estimate of drug-likeness (QED) is 0.920. The van der Waals surface area contributed by atoms with Gasteiger partial charge in [0.2, 0.25) is 0 Å². The normalized spacial score (nSPS) is 16.8. The van der Waals surface area contributed by atoms with E-state index >= 15 is 0 Å². The molecule has 0 saturated carbocycles. The summed E-state index contributed by atoms with van der Waals surface area (Å²) in [5.74, 6) is 0.304.